The Hall–Kier alpha value is 0.363. The van der Waals surface area contributed by atoms with Crippen LogP contribution in [0.15, 0.2) is 12.7 Å². The van der Waals surface area contributed by atoms with Crippen LogP contribution >= 0.6 is 0 Å². The van der Waals surface area contributed by atoms with Gasteiger partial charge in [0.1, 0.15) is 0 Å². The summed E-state index contributed by atoms with van der Waals surface area (Å²) in [6.07, 6.45) is 12.5. The average Bonchev–Trinajstić information content (AvgIpc) is 2.20. The Morgan fingerprint density at radius 2 is 1.36 bits per heavy atom. The molecule has 1 heteroatoms. The van der Waals surface area contributed by atoms with E-state index in [9.17, 15) is 0 Å². The number of allylic oxidation sites excluding steroid dienone is 1. The summed E-state index contributed by atoms with van der Waals surface area (Å²) in [5.74, 6) is 0. The van der Waals surface area contributed by atoms with Crippen molar-refractivity contribution in [2.45, 2.75) is 58.3 Å². The van der Waals surface area contributed by atoms with Crippen molar-refractivity contribution in [3.63, 3.8) is 0 Å². The van der Waals surface area contributed by atoms with Gasteiger partial charge in [-0.05, 0) is 12.8 Å². The van der Waals surface area contributed by atoms with Crippen molar-refractivity contribution in [2.75, 3.05) is 0 Å². The smallest absolute Gasteiger partial charge is 0.346 e. The van der Waals surface area contributed by atoms with Crippen molar-refractivity contribution in [3.8, 4) is 0 Å². The van der Waals surface area contributed by atoms with Gasteiger partial charge in [0, 0.05) is 0 Å². The van der Waals surface area contributed by atoms with Gasteiger partial charge in [-0.3, -0.25) is 0 Å². The van der Waals surface area contributed by atoms with Crippen LogP contribution < -0.4 is 0 Å². The molecule has 0 aromatic rings. The Morgan fingerprint density at radius 1 is 0.929 bits per heavy atom. The first-order chi connectivity index (χ1) is 6.41. The third-order valence-corrected chi connectivity index (χ3v) is 1.91. The summed E-state index contributed by atoms with van der Waals surface area (Å²) in [5.41, 5.74) is 0. The number of hydrogen-bond donors (Lipinski definition) is 0. The van der Waals surface area contributed by atoms with Gasteiger partial charge >= 0.3 is 19.5 Å². The van der Waals surface area contributed by atoms with Gasteiger partial charge in [-0.2, -0.15) is 13.3 Å². The first kappa shape index (κ1) is 19.9. The summed E-state index contributed by atoms with van der Waals surface area (Å²) in [4.78, 5) is 0. The van der Waals surface area contributed by atoms with Crippen molar-refractivity contribution in [1.29, 1.82) is 0 Å². The summed E-state index contributed by atoms with van der Waals surface area (Å²) < 4.78 is 0. The second-order valence-corrected chi connectivity index (χ2v) is 3.05. The maximum Gasteiger partial charge on any atom is 2.00 e. The van der Waals surface area contributed by atoms with Gasteiger partial charge in [0.2, 0.25) is 0 Å². The molecule has 0 rings (SSSR count). The van der Waals surface area contributed by atoms with Crippen LogP contribution in [-0.2, 0) is 19.5 Å². The van der Waals surface area contributed by atoms with E-state index in [4.69, 9.17) is 0 Å². The molecule has 0 radical (unpaired) electrons. The molecular weight excluding hydrogens is 222 g/mol. The molecule has 0 bridgehead atoms. The fraction of sp³-hybridized carbons (Fsp3) is 0.692. The third kappa shape index (κ3) is 22.8. The van der Waals surface area contributed by atoms with Gasteiger partial charge in [-0.15, -0.1) is 6.58 Å². The molecule has 0 unspecified atom stereocenters. The van der Waals surface area contributed by atoms with E-state index >= 15 is 0 Å². The summed E-state index contributed by atoms with van der Waals surface area (Å²) in [6.45, 7) is 12.5. The second-order valence-electron chi connectivity index (χ2n) is 3.05. The summed E-state index contributed by atoms with van der Waals surface area (Å²) in [6, 6.07) is 0. The van der Waals surface area contributed by atoms with Crippen LogP contribution in [0, 0.1) is 13.8 Å². The molecule has 0 heterocycles. The van der Waals surface area contributed by atoms with Crippen molar-refractivity contribution < 1.29 is 19.5 Å². The Balaban J connectivity index is -0.000000376. The zero-order valence-electron chi connectivity index (χ0n) is 10.1. The van der Waals surface area contributed by atoms with E-state index in [-0.39, 0.29) is 19.5 Å². The predicted octanol–water partition coefficient (Wildman–Crippen LogP) is 4.97. The van der Waals surface area contributed by atoms with Crippen LogP contribution in [0.5, 0.6) is 0 Å². The largest absolute Gasteiger partial charge is 2.00 e. The SMILES string of the molecule is C=CCCCCCCCC[CH2-].[CH2-]C.[Zn+2]. The van der Waals surface area contributed by atoms with Crippen molar-refractivity contribution in [1.82, 2.24) is 0 Å². The van der Waals surface area contributed by atoms with Crippen LogP contribution in [0.3, 0.4) is 0 Å². The molecule has 0 aliphatic carbocycles. The molecule has 14 heavy (non-hydrogen) atoms. The molecule has 0 atom stereocenters. The van der Waals surface area contributed by atoms with Gasteiger partial charge in [0.05, 0.1) is 0 Å². The Morgan fingerprint density at radius 3 is 1.79 bits per heavy atom. The van der Waals surface area contributed by atoms with Crippen LogP contribution in [-0.4, -0.2) is 0 Å². The van der Waals surface area contributed by atoms with E-state index in [0.717, 1.165) is 6.42 Å². The van der Waals surface area contributed by atoms with Gasteiger partial charge < -0.3 is 13.8 Å². The van der Waals surface area contributed by atoms with Crippen LogP contribution in [0.25, 0.3) is 0 Å². The average molecular weight is 248 g/mol. The van der Waals surface area contributed by atoms with E-state index in [1.165, 1.54) is 44.9 Å². The van der Waals surface area contributed by atoms with Crippen LogP contribution in [0.1, 0.15) is 58.3 Å². The number of rotatable bonds is 8. The molecule has 80 valence electrons. The molecule has 0 nitrogen and oxygen atoms in total. The number of unbranched alkanes of at least 4 members (excludes halogenated alkanes) is 7. The molecule has 0 fully saturated rings. The minimum Gasteiger partial charge on any atom is -0.346 e. The predicted molar refractivity (Wildman–Crippen MR) is 63.5 cm³/mol. The van der Waals surface area contributed by atoms with Crippen LogP contribution in [0.4, 0.5) is 0 Å². The summed E-state index contributed by atoms with van der Waals surface area (Å²) >= 11 is 0. The van der Waals surface area contributed by atoms with Gasteiger partial charge in [0.25, 0.3) is 0 Å². The third-order valence-electron chi connectivity index (χ3n) is 1.91. The zero-order valence-corrected chi connectivity index (χ0v) is 13.0. The molecule has 0 aromatic carbocycles. The van der Waals surface area contributed by atoms with Crippen molar-refractivity contribution >= 4 is 0 Å². The fourth-order valence-corrected chi connectivity index (χ4v) is 1.17. The van der Waals surface area contributed by atoms with Gasteiger partial charge in [-0.25, -0.2) is 0 Å². The molecule has 0 amide bonds. The maximum absolute atomic E-state index is 3.82. The maximum atomic E-state index is 3.82. The van der Waals surface area contributed by atoms with Crippen molar-refractivity contribution in [2.24, 2.45) is 0 Å². The van der Waals surface area contributed by atoms with E-state index < -0.39 is 0 Å². The fourth-order valence-electron chi connectivity index (χ4n) is 1.17. The standard InChI is InChI=1S/C11H21.C2H5.Zn/c1-3-5-7-9-11-10-8-6-4-2;1-2;/h3H,1-2,4-11H2;1H2,2H3;/q2*-1;+2. The zero-order chi connectivity index (χ0) is 10.4. The van der Waals surface area contributed by atoms with E-state index in [2.05, 4.69) is 20.4 Å². The Kier molecular flexibility index (Phi) is 33.1. The first-order valence-electron chi connectivity index (χ1n) is 5.52. The topological polar surface area (TPSA) is 0 Å². The van der Waals surface area contributed by atoms with Crippen LogP contribution in [0.2, 0.25) is 0 Å². The minimum atomic E-state index is 0. The molecule has 0 aliphatic heterocycles. The molecule has 0 aliphatic rings. The van der Waals surface area contributed by atoms with Crippen molar-refractivity contribution in [3.05, 3.63) is 26.5 Å². The normalized spacial score (nSPS) is 8.21. The van der Waals surface area contributed by atoms with E-state index in [1.807, 2.05) is 6.08 Å². The Bertz CT molecular complexity index is 79.3. The molecule has 0 saturated carbocycles. The quantitative estimate of drug-likeness (QED) is 0.246. The molecule has 0 N–H and O–H groups in total. The van der Waals surface area contributed by atoms with Gasteiger partial charge in [-0.1, -0.05) is 38.2 Å². The monoisotopic (exact) mass is 246 g/mol. The first-order valence-corrected chi connectivity index (χ1v) is 5.52. The number of hydrogen-bond acceptors (Lipinski definition) is 0. The molecule has 0 spiro atoms. The van der Waals surface area contributed by atoms with Gasteiger partial charge in [0.15, 0.2) is 0 Å². The molecule has 0 saturated heterocycles. The molecule has 0 aromatic heterocycles. The Labute approximate surface area is 104 Å². The minimum absolute atomic E-state index is 0. The second kappa shape index (κ2) is 23.3. The summed E-state index contributed by atoms with van der Waals surface area (Å²) in [7, 11) is 0. The van der Waals surface area contributed by atoms with E-state index in [0.29, 0.717) is 0 Å². The van der Waals surface area contributed by atoms with E-state index in [1.54, 1.807) is 6.92 Å². The summed E-state index contributed by atoms with van der Waals surface area (Å²) in [5, 5.41) is 0. The molecular formula is C13H26Zn.